The second-order valence-electron chi connectivity index (χ2n) is 2.77. The van der Waals surface area contributed by atoms with Gasteiger partial charge in [-0.2, -0.15) is 0 Å². The molecule has 0 radical (unpaired) electrons. The van der Waals surface area contributed by atoms with Gasteiger partial charge in [-0.1, -0.05) is 0 Å². The zero-order valence-corrected chi connectivity index (χ0v) is 6.58. The molecule has 0 bridgehead atoms. The van der Waals surface area contributed by atoms with E-state index in [0.717, 1.165) is 12.8 Å². The van der Waals surface area contributed by atoms with Crippen molar-refractivity contribution in [2.24, 2.45) is 0 Å². The van der Waals surface area contributed by atoms with E-state index in [-0.39, 0.29) is 12.8 Å². The van der Waals surface area contributed by atoms with E-state index >= 15 is 0 Å². The number of aliphatic hydroxyl groups is 1. The number of hydrogen-bond donors (Lipinski definition) is 1. The summed E-state index contributed by atoms with van der Waals surface area (Å²) in [7, 11) is 3.70. The molecule has 1 aliphatic rings. The monoisotopic (exact) mass is 145 g/mol. The lowest BCUT2D eigenvalue weighted by Crippen LogP contribution is -2.35. The number of methoxy groups -OCH3 is 1. The minimum absolute atomic E-state index is 0.220. The normalized spacial score (nSPS) is 35.1. The summed E-state index contributed by atoms with van der Waals surface area (Å²) < 4.78 is 5.17. The molecule has 0 aromatic rings. The summed E-state index contributed by atoms with van der Waals surface area (Å²) in [5, 5.41) is 8.85. The molecule has 1 aliphatic heterocycles. The van der Waals surface area contributed by atoms with E-state index in [2.05, 4.69) is 4.90 Å². The first-order valence-electron chi connectivity index (χ1n) is 3.65. The lowest BCUT2D eigenvalue weighted by molar-refractivity contribution is -0.0119. The van der Waals surface area contributed by atoms with Crippen LogP contribution in [0.1, 0.15) is 12.8 Å². The fourth-order valence-electron chi connectivity index (χ4n) is 1.48. The highest BCUT2D eigenvalue weighted by Crippen LogP contribution is 2.21. The van der Waals surface area contributed by atoms with Gasteiger partial charge in [-0.25, -0.2) is 0 Å². The number of likely N-dealkylation sites (N-methyl/N-ethyl adjacent to an activating group) is 1. The van der Waals surface area contributed by atoms with Crippen LogP contribution in [0.5, 0.6) is 0 Å². The molecule has 1 rings (SSSR count). The van der Waals surface area contributed by atoms with E-state index in [9.17, 15) is 0 Å². The van der Waals surface area contributed by atoms with Gasteiger partial charge < -0.3 is 9.84 Å². The molecule has 10 heavy (non-hydrogen) atoms. The molecule has 1 fully saturated rings. The topological polar surface area (TPSA) is 32.7 Å². The zero-order chi connectivity index (χ0) is 7.56. The van der Waals surface area contributed by atoms with Crippen molar-refractivity contribution in [3.8, 4) is 0 Å². The molecule has 0 amide bonds. The third kappa shape index (κ3) is 1.31. The Morgan fingerprint density at radius 2 is 2.30 bits per heavy atom. The Labute approximate surface area is 61.6 Å². The Balaban J connectivity index is 2.41. The molecule has 0 spiro atoms. The van der Waals surface area contributed by atoms with Crippen LogP contribution in [-0.2, 0) is 4.74 Å². The second-order valence-corrected chi connectivity index (χ2v) is 2.77. The van der Waals surface area contributed by atoms with Crippen LogP contribution in [0.4, 0.5) is 0 Å². The molecule has 60 valence electrons. The van der Waals surface area contributed by atoms with Crippen LogP contribution in [0.25, 0.3) is 0 Å². The molecular formula is C7H15NO2. The SMILES string of the molecule is COC1CC[C@@H](CO)N1C. The minimum atomic E-state index is 0.220. The summed E-state index contributed by atoms with van der Waals surface area (Å²) in [6.07, 6.45) is 2.31. The van der Waals surface area contributed by atoms with Gasteiger partial charge in [-0.15, -0.1) is 0 Å². The molecule has 3 nitrogen and oxygen atoms in total. The Bertz CT molecular complexity index is 95.8. The molecule has 1 N–H and O–H groups in total. The zero-order valence-electron chi connectivity index (χ0n) is 6.58. The Kier molecular flexibility index (Phi) is 2.65. The minimum Gasteiger partial charge on any atom is -0.395 e. The Morgan fingerprint density at radius 1 is 1.60 bits per heavy atom. The van der Waals surface area contributed by atoms with Crippen molar-refractivity contribution < 1.29 is 9.84 Å². The molecule has 0 aromatic heterocycles. The van der Waals surface area contributed by atoms with E-state index in [1.807, 2.05) is 7.05 Å². The molecule has 0 aromatic carbocycles. The third-order valence-electron chi connectivity index (χ3n) is 2.26. The van der Waals surface area contributed by atoms with Crippen molar-refractivity contribution in [2.45, 2.75) is 25.1 Å². The maximum Gasteiger partial charge on any atom is 0.110 e. The van der Waals surface area contributed by atoms with Crippen molar-refractivity contribution in [1.82, 2.24) is 4.90 Å². The molecule has 2 atom stereocenters. The summed E-state index contributed by atoms with van der Waals surface area (Å²) in [5.41, 5.74) is 0. The number of ether oxygens (including phenoxy) is 1. The number of hydrogen-bond acceptors (Lipinski definition) is 3. The summed E-state index contributed by atoms with van der Waals surface area (Å²) in [5.74, 6) is 0. The van der Waals surface area contributed by atoms with Crippen molar-refractivity contribution in [3.05, 3.63) is 0 Å². The molecule has 3 heteroatoms. The van der Waals surface area contributed by atoms with E-state index < -0.39 is 0 Å². The number of likely N-dealkylation sites (tertiary alicyclic amines) is 1. The Morgan fingerprint density at radius 3 is 2.60 bits per heavy atom. The first-order valence-corrected chi connectivity index (χ1v) is 3.65. The average molecular weight is 145 g/mol. The highest BCUT2D eigenvalue weighted by atomic mass is 16.5. The summed E-state index contributed by atoms with van der Waals surface area (Å²) in [4.78, 5) is 2.08. The molecule has 1 unspecified atom stereocenters. The second kappa shape index (κ2) is 3.32. The van der Waals surface area contributed by atoms with Crippen LogP contribution < -0.4 is 0 Å². The molecule has 0 saturated carbocycles. The molecular weight excluding hydrogens is 130 g/mol. The van der Waals surface area contributed by atoms with Gasteiger partial charge >= 0.3 is 0 Å². The molecule has 0 aliphatic carbocycles. The number of rotatable bonds is 2. The first-order chi connectivity index (χ1) is 4.79. The van der Waals surface area contributed by atoms with Crippen LogP contribution >= 0.6 is 0 Å². The van der Waals surface area contributed by atoms with E-state index in [1.54, 1.807) is 7.11 Å². The van der Waals surface area contributed by atoms with Crippen LogP contribution in [0.3, 0.4) is 0 Å². The highest BCUT2D eigenvalue weighted by Gasteiger charge is 2.29. The maximum atomic E-state index is 8.85. The third-order valence-corrected chi connectivity index (χ3v) is 2.26. The van der Waals surface area contributed by atoms with Crippen molar-refractivity contribution in [1.29, 1.82) is 0 Å². The van der Waals surface area contributed by atoms with Gasteiger partial charge in [0, 0.05) is 13.2 Å². The fraction of sp³-hybridized carbons (Fsp3) is 1.00. The summed E-state index contributed by atoms with van der Waals surface area (Å²) >= 11 is 0. The van der Waals surface area contributed by atoms with Crippen molar-refractivity contribution >= 4 is 0 Å². The highest BCUT2D eigenvalue weighted by molar-refractivity contribution is 4.79. The van der Waals surface area contributed by atoms with Gasteiger partial charge in [-0.3, -0.25) is 4.90 Å². The van der Waals surface area contributed by atoms with Crippen molar-refractivity contribution in [3.63, 3.8) is 0 Å². The summed E-state index contributed by atoms with van der Waals surface area (Å²) in [6, 6.07) is 0.310. The van der Waals surface area contributed by atoms with Gasteiger partial charge in [0.15, 0.2) is 0 Å². The van der Waals surface area contributed by atoms with E-state index in [1.165, 1.54) is 0 Å². The maximum absolute atomic E-state index is 8.85. The lowest BCUT2D eigenvalue weighted by Gasteiger charge is -2.22. The largest absolute Gasteiger partial charge is 0.395 e. The number of aliphatic hydroxyl groups excluding tert-OH is 1. The predicted octanol–water partition coefficient (Wildman–Crippen LogP) is 0.0454. The van der Waals surface area contributed by atoms with E-state index in [0.29, 0.717) is 6.04 Å². The van der Waals surface area contributed by atoms with E-state index in [4.69, 9.17) is 9.84 Å². The fourth-order valence-corrected chi connectivity index (χ4v) is 1.48. The first kappa shape index (κ1) is 7.98. The average Bonchev–Trinajstić information content (AvgIpc) is 2.30. The van der Waals surface area contributed by atoms with Gasteiger partial charge in [0.1, 0.15) is 6.23 Å². The van der Waals surface area contributed by atoms with Gasteiger partial charge in [0.05, 0.1) is 6.61 Å². The summed E-state index contributed by atoms with van der Waals surface area (Å²) in [6.45, 7) is 0.246. The van der Waals surface area contributed by atoms with Gasteiger partial charge in [-0.05, 0) is 19.9 Å². The van der Waals surface area contributed by atoms with Crippen LogP contribution in [-0.4, -0.2) is 43.0 Å². The molecule has 1 saturated heterocycles. The van der Waals surface area contributed by atoms with Gasteiger partial charge in [0.2, 0.25) is 0 Å². The Hall–Kier alpha value is -0.120. The van der Waals surface area contributed by atoms with Crippen LogP contribution in [0.2, 0.25) is 0 Å². The standard InChI is InChI=1S/C7H15NO2/c1-8-6(5-9)3-4-7(8)10-2/h6-7,9H,3-5H2,1-2H3/t6-,7?/m0/s1. The number of nitrogens with zero attached hydrogens (tertiary/aromatic N) is 1. The van der Waals surface area contributed by atoms with Crippen LogP contribution in [0, 0.1) is 0 Å². The lowest BCUT2D eigenvalue weighted by atomic mass is 10.2. The van der Waals surface area contributed by atoms with Gasteiger partial charge in [0.25, 0.3) is 0 Å². The van der Waals surface area contributed by atoms with Crippen molar-refractivity contribution in [2.75, 3.05) is 20.8 Å². The quantitative estimate of drug-likeness (QED) is 0.595. The predicted molar refractivity (Wildman–Crippen MR) is 38.7 cm³/mol. The smallest absolute Gasteiger partial charge is 0.110 e. The molecule has 1 heterocycles. The van der Waals surface area contributed by atoms with Crippen LogP contribution in [0.15, 0.2) is 0 Å².